The quantitative estimate of drug-likeness (QED) is 0.515. The summed E-state index contributed by atoms with van der Waals surface area (Å²) in [5.74, 6) is 0.231. The molecule has 0 fully saturated rings. The van der Waals surface area contributed by atoms with Gasteiger partial charge in [0.05, 0.1) is 4.90 Å². The number of guanidine groups is 1. The molecule has 16 heavy (non-hydrogen) atoms. The fourth-order valence-corrected chi connectivity index (χ4v) is 1.67. The van der Waals surface area contributed by atoms with E-state index >= 15 is 0 Å². The van der Waals surface area contributed by atoms with Gasteiger partial charge in [-0.1, -0.05) is 6.07 Å². The number of hydrogen-bond donors (Lipinski definition) is 3. The fourth-order valence-electron chi connectivity index (χ4n) is 1.11. The monoisotopic (exact) mass is 242 g/mol. The number of nitrogens with two attached hydrogens (primary N) is 2. The second-order valence-corrected chi connectivity index (χ2v) is 4.62. The molecule has 0 heterocycles. The van der Waals surface area contributed by atoms with E-state index < -0.39 is 10.0 Å². The van der Waals surface area contributed by atoms with E-state index in [4.69, 9.17) is 10.9 Å². The molecule has 0 atom stereocenters. The normalized spacial score (nSPS) is 12.5. The maximum atomic E-state index is 11.1. The smallest absolute Gasteiger partial charge is 0.238 e. The molecule has 7 heteroatoms. The highest BCUT2D eigenvalue weighted by Crippen LogP contribution is 2.13. The van der Waals surface area contributed by atoms with E-state index in [1.165, 1.54) is 12.1 Å². The van der Waals surface area contributed by atoms with Crippen LogP contribution >= 0.6 is 0 Å². The predicted molar refractivity (Wildman–Crippen MR) is 63.6 cm³/mol. The number of hydrogen-bond acceptors (Lipinski definition) is 3. The third kappa shape index (κ3) is 3.52. The van der Waals surface area contributed by atoms with Gasteiger partial charge in [-0.15, -0.1) is 0 Å². The number of rotatable bonds is 3. The van der Waals surface area contributed by atoms with E-state index in [1.54, 1.807) is 12.1 Å². The molecule has 1 aromatic carbocycles. The minimum absolute atomic E-state index is 0.0294. The molecule has 0 saturated carbocycles. The SMILES string of the molecule is CCN=C(N)Nc1cccc(S(N)(=O)=O)c1. The molecule has 88 valence electrons. The lowest BCUT2D eigenvalue weighted by atomic mass is 10.3. The van der Waals surface area contributed by atoms with Crippen molar-refractivity contribution in [3.8, 4) is 0 Å². The first-order valence-electron chi connectivity index (χ1n) is 4.63. The molecule has 0 aliphatic carbocycles. The van der Waals surface area contributed by atoms with Crippen molar-refractivity contribution in [2.24, 2.45) is 15.9 Å². The van der Waals surface area contributed by atoms with Gasteiger partial charge < -0.3 is 11.1 Å². The van der Waals surface area contributed by atoms with Gasteiger partial charge in [0.1, 0.15) is 0 Å². The molecule has 0 spiro atoms. The average molecular weight is 242 g/mol. The van der Waals surface area contributed by atoms with Crippen LogP contribution in [0.3, 0.4) is 0 Å². The van der Waals surface area contributed by atoms with Crippen molar-refractivity contribution < 1.29 is 8.42 Å². The summed E-state index contributed by atoms with van der Waals surface area (Å²) in [6.45, 7) is 2.39. The summed E-state index contributed by atoms with van der Waals surface area (Å²) >= 11 is 0. The lowest BCUT2D eigenvalue weighted by Crippen LogP contribution is -2.23. The van der Waals surface area contributed by atoms with Crippen LogP contribution < -0.4 is 16.2 Å². The van der Waals surface area contributed by atoms with Crippen molar-refractivity contribution >= 4 is 21.7 Å². The second kappa shape index (κ2) is 4.95. The molecule has 0 saturated heterocycles. The van der Waals surface area contributed by atoms with Crippen LogP contribution in [0.1, 0.15) is 6.92 Å². The second-order valence-electron chi connectivity index (χ2n) is 3.06. The number of sulfonamides is 1. The fraction of sp³-hybridized carbons (Fsp3) is 0.222. The van der Waals surface area contributed by atoms with Crippen LogP contribution in [-0.2, 0) is 10.0 Å². The first-order valence-corrected chi connectivity index (χ1v) is 6.18. The van der Waals surface area contributed by atoms with Gasteiger partial charge in [-0.05, 0) is 25.1 Å². The first-order chi connectivity index (χ1) is 7.43. The van der Waals surface area contributed by atoms with Crippen molar-refractivity contribution in [2.75, 3.05) is 11.9 Å². The number of anilines is 1. The molecule has 0 aliphatic rings. The zero-order valence-electron chi connectivity index (χ0n) is 8.84. The third-order valence-electron chi connectivity index (χ3n) is 1.76. The van der Waals surface area contributed by atoms with E-state index in [0.29, 0.717) is 12.2 Å². The Hall–Kier alpha value is -1.60. The van der Waals surface area contributed by atoms with Gasteiger partial charge in [-0.3, -0.25) is 4.99 Å². The van der Waals surface area contributed by atoms with Crippen LogP contribution in [-0.4, -0.2) is 20.9 Å². The van der Waals surface area contributed by atoms with Crippen LogP contribution in [0.5, 0.6) is 0 Å². The molecule has 1 rings (SSSR count). The molecule has 0 bridgehead atoms. The molecular formula is C9H14N4O2S. The number of nitrogens with zero attached hydrogens (tertiary/aromatic N) is 1. The zero-order valence-corrected chi connectivity index (χ0v) is 9.66. The molecule has 0 aromatic heterocycles. The van der Waals surface area contributed by atoms with Crippen LogP contribution in [0, 0.1) is 0 Å². The third-order valence-corrected chi connectivity index (χ3v) is 2.67. The molecule has 6 nitrogen and oxygen atoms in total. The number of aliphatic imine (C=N–C) groups is 1. The van der Waals surface area contributed by atoms with Crippen molar-refractivity contribution in [2.45, 2.75) is 11.8 Å². The Kier molecular flexibility index (Phi) is 3.86. The maximum absolute atomic E-state index is 11.1. The van der Waals surface area contributed by atoms with E-state index in [2.05, 4.69) is 10.3 Å². The minimum Gasteiger partial charge on any atom is -0.370 e. The van der Waals surface area contributed by atoms with Gasteiger partial charge in [0.2, 0.25) is 10.0 Å². The molecule has 0 radical (unpaired) electrons. The molecular weight excluding hydrogens is 228 g/mol. The summed E-state index contributed by atoms with van der Waals surface area (Å²) in [6.07, 6.45) is 0. The highest BCUT2D eigenvalue weighted by molar-refractivity contribution is 7.89. The van der Waals surface area contributed by atoms with E-state index in [9.17, 15) is 8.42 Å². The lowest BCUT2D eigenvalue weighted by molar-refractivity contribution is 0.598. The highest BCUT2D eigenvalue weighted by atomic mass is 32.2. The lowest BCUT2D eigenvalue weighted by Gasteiger charge is -2.06. The van der Waals surface area contributed by atoms with Gasteiger partial charge in [0, 0.05) is 12.2 Å². The molecule has 1 aromatic rings. The van der Waals surface area contributed by atoms with Crippen molar-refractivity contribution in [3.63, 3.8) is 0 Å². The van der Waals surface area contributed by atoms with Crippen molar-refractivity contribution in [1.82, 2.24) is 0 Å². The molecule has 0 amide bonds. The van der Waals surface area contributed by atoms with Gasteiger partial charge >= 0.3 is 0 Å². The Morgan fingerprint density at radius 2 is 2.19 bits per heavy atom. The Morgan fingerprint density at radius 3 is 2.75 bits per heavy atom. The minimum atomic E-state index is -3.69. The van der Waals surface area contributed by atoms with Crippen LogP contribution in [0.2, 0.25) is 0 Å². The molecule has 0 unspecified atom stereocenters. The Balaban J connectivity index is 2.96. The van der Waals surface area contributed by atoms with Crippen LogP contribution in [0.15, 0.2) is 34.2 Å². The summed E-state index contributed by atoms with van der Waals surface area (Å²) in [5, 5.41) is 7.76. The summed E-state index contributed by atoms with van der Waals surface area (Å²) < 4.78 is 22.2. The number of benzene rings is 1. The van der Waals surface area contributed by atoms with Gasteiger partial charge in [-0.2, -0.15) is 0 Å². The summed E-state index contributed by atoms with van der Waals surface area (Å²) in [5.41, 5.74) is 6.06. The zero-order chi connectivity index (χ0) is 12.2. The number of primary sulfonamides is 1. The average Bonchev–Trinajstić information content (AvgIpc) is 2.17. The van der Waals surface area contributed by atoms with E-state index in [-0.39, 0.29) is 10.9 Å². The molecule has 0 aliphatic heterocycles. The standard InChI is InChI=1S/C9H14N4O2S/c1-2-12-9(10)13-7-4-3-5-8(6-7)16(11,14)15/h3-6H,2H2,1H3,(H3,10,12,13)(H2,11,14,15). The molecule has 5 N–H and O–H groups in total. The van der Waals surface area contributed by atoms with E-state index in [1.807, 2.05) is 6.92 Å². The Labute approximate surface area is 94.4 Å². The maximum Gasteiger partial charge on any atom is 0.238 e. The van der Waals surface area contributed by atoms with E-state index in [0.717, 1.165) is 0 Å². The summed E-state index contributed by atoms with van der Waals surface area (Å²) in [7, 11) is -3.69. The van der Waals surface area contributed by atoms with Gasteiger partial charge in [-0.25, -0.2) is 13.6 Å². The summed E-state index contributed by atoms with van der Waals surface area (Å²) in [4.78, 5) is 3.94. The number of nitrogens with one attached hydrogen (secondary N) is 1. The largest absolute Gasteiger partial charge is 0.370 e. The Morgan fingerprint density at radius 1 is 1.50 bits per heavy atom. The first kappa shape index (κ1) is 12.5. The topological polar surface area (TPSA) is 111 Å². The Bertz CT molecular complexity index is 496. The van der Waals surface area contributed by atoms with Gasteiger partial charge in [0.15, 0.2) is 5.96 Å². The summed E-state index contributed by atoms with van der Waals surface area (Å²) in [6, 6.07) is 6.05. The van der Waals surface area contributed by atoms with Gasteiger partial charge in [0.25, 0.3) is 0 Å². The predicted octanol–water partition coefficient (Wildman–Crippen LogP) is 0.0805. The van der Waals surface area contributed by atoms with Crippen molar-refractivity contribution in [1.29, 1.82) is 0 Å². The van der Waals surface area contributed by atoms with Crippen molar-refractivity contribution in [3.05, 3.63) is 24.3 Å². The van der Waals surface area contributed by atoms with Crippen LogP contribution in [0.4, 0.5) is 5.69 Å². The van der Waals surface area contributed by atoms with Crippen LogP contribution in [0.25, 0.3) is 0 Å². The highest BCUT2D eigenvalue weighted by Gasteiger charge is 2.07.